The second kappa shape index (κ2) is 3.81. The van der Waals surface area contributed by atoms with Gasteiger partial charge >= 0.3 is 0 Å². The van der Waals surface area contributed by atoms with Crippen molar-refractivity contribution >= 4 is 11.0 Å². The van der Waals surface area contributed by atoms with Crippen LogP contribution in [-0.2, 0) is 12.8 Å². The lowest BCUT2D eigenvalue weighted by atomic mass is 10.2. The third-order valence-electron chi connectivity index (χ3n) is 2.36. The van der Waals surface area contributed by atoms with Crippen LogP contribution in [0.5, 0.6) is 0 Å². The van der Waals surface area contributed by atoms with Crippen molar-refractivity contribution in [1.29, 1.82) is 0 Å². The molecule has 0 aliphatic rings. The van der Waals surface area contributed by atoms with Crippen LogP contribution in [0.3, 0.4) is 0 Å². The van der Waals surface area contributed by atoms with Crippen LogP contribution < -0.4 is 5.56 Å². The zero-order chi connectivity index (χ0) is 10.8. The molecule has 4 heteroatoms. The van der Waals surface area contributed by atoms with Crippen LogP contribution in [0.15, 0.2) is 16.9 Å². The molecule has 0 atom stereocenters. The van der Waals surface area contributed by atoms with Gasteiger partial charge in [0, 0.05) is 17.9 Å². The van der Waals surface area contributed by atoms with Crippen molar-refractivity contribution in [3.05, 3.63) is 34.0 Å². The average molecular weight is 203 g/mol. The number of nitrogens with zero attached hydrogens (tertiary/aromatic N) is 2. The zero-order valence-electron chi connectivity index (χ0n) is 8.87. The van der Waals surface area contributed by atoms with Crippen LogP contribution >= 0.6 is 0 Å². The molecule has 0 spiro atoms. The highest BCUT2D eigenvalue weighted by molar-refractivity contribution is 5.76. The van der Waals surface area contributed by atoms with Gasteiger partial charge < -0.3 is 4.98 Å². The molecule has 0 saturated carbocycles. The Balaban J connectivity index is 2.80. The fourth-order valence-corrected chi connectivity index (χ4v) is 1.58. The molecule has 2 aromatic heterocycles. The summed E-state index contributed by atoms with van der Waals surface area (Å²) in [6, 6.07) is 3.29. The molecule has 2 rings (SSSR count). The van der Waals surface area contributed by atoms with Gasteiger partial charge in [-0.05, 0) is 12.5 Å². The zero-order valence-corrected chi connectivity index (χ0v) is 8.87. The predicted octanol–water partition coefficient (Wildman–Crippen LogP) is 1.44. The summed E-state index contributed by atoms with van der Waals surface area (Å²) < 4.78 is 0. The van der Waals surface area contributed by atoms with E-state index >= 15 is 0 Å². The number of fused-ring (bicyclic) bond motifs is 1. The van der Waals surface area contributed by atoms with E-state index in [1.165, 1.54) is 6.07 Å². The van der Waals surface area contributed by atoms with Crippen molar-refractivity contribution in [3.63, 3.8) is 0 Å². The highest BCUT2D eigenvalue weighted by Crippen LogP contribution is 2.12. The standard InChI is InChI=1S/C11H13N3O/c1-3-8-7-5-6-10(15)14-11(7)13-9(4-2)12-8/h5-6H,3-4H2,1-2H3,(H,12,13,14,15). The van der Waals surface area contributed by atoms with Crippen LogP contribution in [0.4, 0.5) is 0 Å². The predicted molar refractivity (Wildman–Crippen MR) is 58.9 cm³/mol. The number of hydrogen-bond donors (Lipinski definition) is 1. The molecule has 0 amide bonds. The molecule has 4 nitrogen and oxygen atoms in total. The van der Waals surface area contributed by atoms with Crippen molar-refractivity contribution in [1.82, 2.24) is 15.0 Å². The van der Waals surface area contributed by atoms with E-state index in [1.54, 1.807) is 6.07 Å². The van der Waals surface area contributed by atoms with E-state index in [0.717, 1.165) is 29.7 Å². The molecule has 0 aromatic carbocycles. The lowest BCUT2D eigenvalue weighted by Crippen LogP contribution is -2.07. The Labute approximate surface area is 87.4 Å². The van der Waals surface area contributed by atoms with E-state index in [2.05, 4.69) is 15.0 Å². The molecule has 0 bridgehead atoms. The Hall–Kier alpha value is -1.71. The van der Waals surface area contributed by atoms with Gasteiger partial charge in [-0.15, -0.1) is 0 Å². The quantitative estimate of drug-likeness (QED) is 0.803. The normalized spacial score (nSPS) is 10.8. The van der Waals surface area contributed by atoms with Gasteiger partial charge in [0.1, 0.15) is 11.5 Å². The Morgan fingerprint density at radius 3 is 2.67 bits per heavy atom. The average Bonchev–Trinajstić information content (AvgIpc) is 2.26. The number of aryl methyl sites for hydroxylation is 2. The largest absolute Gasteiger partial charge is 0.306 e. The Morgan fingerprint density at radius 1 is 1.20 bits per heavy atom. The summed E-state index contributed by atoms with van der Waals surface area (Å²) >= 11 is 0. The first kappa shape index (κ1) is 9.83. The SMILES string of the molecule is CCc1nc(CC)c2ccc(=O)[nH]c2n1. The van der Waals surface area contributed by atoms with Crippen molar-refractivity contribution < 1.29 is 0 Å². The molecule has 0 saturated heterocycles. The molecule has 2 heterocycles. The maximum Gasteiger partial charge on any atom is 0.249 e. The molecule has 0 aliphatic carbocycles. The second-order valence-electron chi connectivity index (χ2n) is 3.38. The van der Waals surface area contributed by atoms with Gasteiger partial charge in [-0.3, -0.25) is 4.79 Å². The highest BCUT2D eigenvalue weighted by atomic mass is 16.1. The summed E-state index contributed by atoms with van der Waals surface area (Å²) in [4.78, 5) is 22.6. The molecule has 15 heavy (non-hydrogen) atoms. The van der Waals surface area contributed by atoms with Gasteiger partial charge in [-0.1, -0.05) is 13.8 Å². The fourth-order valence-electron chi connectivity index (χ4n) is 1.58. The fraction of sp³-hybridized carbons (Fsp3) is 0.364. The highest BCUT2D eigenvalue weighted by Gasteiger charge is 2.05. The molecular weight excluding hydrogens is 190 g/mol. The van der Waals surface area contributed by atoms with Crippen LogP contribution in [-0.4, -0.2) is 15.0 Å². The van der Waals surface area contributed by atoms with Gasteiger partial charge in [0.25, 0.3) is 0 Å². The van der Waals surface area contributed by atoms with Gasteiger partial charge in [-0.25, -0.2) is 9.97 Å². The molecule has 0 radical (unpaired) electrons. The summed E-state index contributed by atoms with van der Waals surface area (Å²) in [5.74, 6) is 0.779. The summed E-state index contributed by atoms with van der Waals surface area (Å²) in [5, 5.41) is 0.939. The summed E-state index contributed by atoms with van der Waals surface area (Å²) in [7, 11) is 0. The lowest BCUT2D eigenvalue weighted by molar-refractivity contribution is 0.904. The minimum atomic E-state index is -0.120. The maximum atomic E-state index is 11.2. The van der Waals surface area contributed by atoms with E-state index < -0.39 is 0 Å². The monoisotopic (exact) mass is 203 g/mol. The minimum Gasteiger partial charge on any atom is -0.306 e. The lowest BCUT2D eigenvalue weighted by Gasteiger charge is -2.04. The summed E-state index contributed by atoms with van der Waals surface area (Å²) in [6.45, 7) is 4.05. The first-order valence-electron chi connectivity index (χ1n) is 5.13. The first-order chi connectivity index (χ1) is 7.24. The van der Waals surface area contributed by atoms with Crippen molar-refractivity contribution in [2.24, 2.45) is 0 Å². The Bertz CT molecular complexity index is 545. The van der Waals surface area contributed by atoms with Crippen LogP contribution in [0.25, 0.3) is 11.0 Å². The van der Waals surface area contributed by atoms with E-state index in [1.807, 2.05) is 13.8 Å². The smallest absolute Gasteiger partial charge is 0.249 e. The van der Waals surface area contributed by atoms with E-state index in [0.29, 0.717) is 5.65 Å². The van der Waals surface area contributed by atoms with Crippen molar-refractivity contribution in [2.75, 3.05) is 0 Å². The number of pyridine rings is 1. The third kappa shape index (κ3) is 1.75. The second-order valence-corrected chi connectivity index (χ2v) is 3.38. The van der Waals surface area contributed by atoms with Crippen molar-refractivity contribution in [3.8, 4) is 0 Å². The third-order valence-corrected chi connectivity index (χ3v) is 2.36. The topological polar surface area (TPSA) is 58.6 Å². The molecule has 0 unspecified atom stereocenters. The van der Waals surface area contributed by atoms with Crippen molar-refractivity contribution in [2.45, 2.75) is 26.7 Å². The van der Waals surface area contributed by atoms with E-state index in [4.69, 9.17) is 0 Å². The maximum absolute atomic E-state index is 11.2. The van der Waals surface area contributed by atoms with E-state index in [9.17, 15) is 4.79 Å². The Kier molecular flexibility index (Phi) is 2.49. The number of rotatable bonds is 2. The first-order valence-corrected chi connectivity index (χ1v) is 5.13. The molecular formula is C11H13N3O. The molecule has 0 fully saturated rings. The summed E-state index contributed by atoms with van der Waals surface area (Å²) in [6.07, 6.45) is 1.62. The number of nitrogens with one attached hydrogen (secondary N) is 1. The minimum absolute atomic E-state index is 0.120. The number of H-pyrrole nitrogens is 1. The van der Waals surface area contributed by atoms with E-state index in [-0.39, 0.29) is 5.56 Å². The molecule has 1 N–H and O–H groups in total. The molecule has 78 valence electrons. The Morgan fingerprint density at radius 2 is 2.00 bits per heavy atom. The van der Waals surface area contributed by atoms with Crippen LogP contribution in [0.2, 0.25) is 0 Å². The molecule has 0 aliphatic heterocycles. The molecule has 2 aromatic rings. The number of hydrogen-bond acceptors (Lipinski definition) is 3. The van der Waals surface area contributed by atoms with Gasteiger partial charge in [0.15, 0.2) is 0 Å². The number of aromatic nitrogens is 3. The van der Waals surface area contributed by atoms with Gasteiger partial charge in [0.05, 0.1) is 5.69 Å². The summed E-state index contributed by atoms with van der Waals surface area (Å²) in [5.41, 5.74) is 1.52. The number of aromatic amines is 1. The van der Waals surface area contributed by atoms with Gasteiger partial charge in [-0.2, -0.15) is 0 Å². The van der Waals surface area contributed by atoms with Crippen LogP contribution in [0, 0.1) is 0 Å². The van der Waals surface area contributed by atoms with Gasteiger partial charge in [0.2, 0.25) is 5.56 Å². The van der Waals surface area contributed by atoms with Crippen LogP contribution in [0.1, 0.15) is 25.4 Å².